The summed E-state index contributed by atoms with van der Waals surface area (Å²) in [5.74, 6) is 0.128. The minimum Gasteiger partial charge on any atom is -0.280 e. The Hall–Kier alpha value is -0.860. The first-order valence-electron chi connectivity index (χ1n) is 9.05. The van der Waals surface area contributed by atoms with Crippen LogP contribution in [0.3, 0.4) is 0 Å². The van der Waals surface area contributed by atoms with E-state index in [9.17, 15) is 9.59 Å². The molecule has 1 aliphatic rings. The Morgan fingerprint density at radius 2 is 1.19 bits per heavy atom. The van der Waals surface area contributed by atoms with Gasteiger partial charge in [-0.15, -0.1) is 0 Å². The number of hydrogen-bond donors (Lipinski definition) is 0. The number of likely N-dealkylation sites (tertiary alicyclic amines) is 1. The van der Waals surface area contributed by atoms with E-state index in [0.717, 1.165) is 25.7 Å². The van der Waals surface area contributed by atoms with E-state index in [1.807, 2.05) is 0 Å². The molecule has 0 N–H and O–H groups in total. The minimum atomic E-state index is 0.0639. The van der Waals surface area contributed by atoms with Crippen LogP contribution in [0.2, 0.25) is 0 Å². The van der Waals surface area contributed by atoms with Crippen LogP contribution in [0.25, 0.3) is 0 Å². The summed E-state index contributed by atoms with van der Waals surface area (Å²) in [4.78, 5) is 25.5. The number of amides is 2. The highest BCUT2D eigenvalue weighted by Gasteiger charge is 2.34. The third kappa shape index (κ3) is 6.62. The van der Waals surface area contributed by atoms with Gasteiger partial charge < -0.3 is 0 Å². The van der Waals surface area contributed by atoms with Gasteiger partial charge in [0.25, 0.3) is 0 Å². The molecule has 3 heteroatoms. The number of imide groups is 1. The molecule has 1 unspecified atom stereocenters. The fraction of sp³-hybridized carbons (Fsp3) is 0.889. The number of nitrogens with zero attached hydrogens (tertiary/aromatic N) is 1. The summed E-state index contributed by atoms with van der Waals surface area (Å²) in [5, 5.41) is 0. The van der Waals surface area contributed by atoms with Crippen molar-refractivity contribution in [1.82, 2.24) is 4.90 Å². The Kier molecular flexibility index (Phi) is 9.36. The molecule has 21 heavy (non-hydrogen) atoms. The molecule has 2 amide bonds. The van der Waals surface area contributed by atoms with Gasteiger partial charge >= 0.3 is 0 Å². The van der Waals surface area contributed by atoms with Crippen LogP contribution >= 0.6 is 0 Å². The number of carbonyl (C=O) groups excluding carboxylic acids is 2. The molecule has 1 atom stereocenters. The molecule has 1 heterocycles. The highest BCUT2D eigenvalue weighted by molar-refractivity contribution is 6.02. The Morgan fingerprint density at radius 3 is 1.67 bits per heavy atom. The zero-order chi connectivity index (χ0) is 15.5. The lowest BCUT2D eigenvalue weighted by atomic mass is 9.99. The third-order valence-corrected chi connectivity index (χ3v) is 4.49. The topological polar surface area (TPSA) is 37.4 Å². The van der Waals surface area contributed by atoms with Gasteiger partial charge in [0.15, 0.2) is 0 Å². The van der Waals surface area contributed by atoms with Crippen LogP contribution in [0, 0.1) is 0 Å². The summed E-state index contributed by atoms with van der Waals surface area (Å²) >= 11 is 0. The Balaban J connectivity index is 2.41. The fourth-order valence-electron chi connectivity index (χ4n) is 3.19. The van der Waals surface area contributed by atoms with Crippen LogP contribution in [0.5, 0.6) is 0 Å². The molecule has 0 bridgehead atoms. The molecule has 0 saturated carbocycles. The fourth-order valence-corrected chi connectivity index (χ4v) is 3.19. The predicted octanol–water partition coefficient (Wildman–Crippen LogP) is 4.83. The summed E-state index contributed by atoms with van der Waals surface area (Å²) in [6.07, 6.45) is 13.9. The zero-order valence-corrected chi connectivity index (χ0v) is 14.0. The molecule has 1 fully saturated rings. The average Bonchev–Trinajstić information content (AvgIpc) is 2.80. The van der Waals surface area contributed by atoms with Crippen LogP contribution in [0.1, 0.15) is 97.3 Å². The van der Waals surface area contributed by atoms with Gasteiger partial charge in [-0.05, 0) is 12.8 Å². The van der Waals surface area contributed by atoms with Gasteiger partial charge in [-0.1, -0.05) is 71.6 Å². The van der Waals surface area contributed by atoms with E-state index in [2.05, 4.69) is 13.8 Å². The van der Waals surface area contributed by atoms with E-state index in [0.29, 0.717) is 12.8 Å². The van der Waals surface area contributed by atoms with Crippen LogP contribution in [-0.2, 0) is 9.59 Å². The average molecular weight is 295 g/mol. The summed E-state index contributed by atoms with van der Waals surface area (Å²) in [7, 11) is 0. The number of rotatable bonds is 12. The quantitative estimate of drug-likeness (QED) is 0.382. The first-order chi connectivity index (χ1) is 10.2. The van der Waals surface area contributed by atoms with E-state index < -0.39 is 0 Å². The Morgan fingerprint density at radius 1 is 0.762 bits per heavy atom. The second kappa shape index (κ2) is 10.8. The minimum absolute atomic E-state index is 0.0639. The summed E-state index contributed by atoms with van der Waals surface area (Å²) in [5.41, 5.74) is 0. The first-order valence-corrected chi connectivity index (χ1v) is 9.05. The molecule has 0 radical (unpaired) electrons. The van der Waals surface area contributed by atoms with E-state index in [1.54, 1.807) is 4.90 Å². The maximum atomic E-state index is 12.0. The molecule has 3 nitrogen and oxygen atoms in total. The van der Waals surface area contributed by atoms with Crippen molar-refractivity contribution in [3.05, 3.63) is 0 Å². The van der Waals surface area contributed by atoms with Gasteiger partial charge in [-0.25, -0.2) is 0 Å². The van der Waals surface area contributed by atoms with Gasteiger partial charge in [0.2, 0.25) is 11.8 Å². The van der Waals surface area contributed by atoms with Crippen LogP contribution in [0.4, 0.5) is 0 Å². The van der Waals surface area contributed by atoms with Crippen molar-refractivity contribution in [3.63, 3.8) is 0 Å². The normalized spacial score (nSPS) is 16.8. The summed E-state index contributed by atoms with van der Waals surface area (Å²) in [6.45, 7) is 4.43. The SMILES string of the molecule is CCCCCCCC(CCCCCC)N1C(=O)CCC1=O. The maximum absolute atomic E-state index is 12.0. The molecule has 0 aromatic heterocycles. The highest BCUT2D eigenvalue weighted by Crippen LogP contribution is 2.23. The van der Waals surface area contributed by atoms with Crippen molar-refractivity contribution in [3.8, 4) is 0 Å². The van der Waals surface area contributed by atoms with Gasteiger partial charge in [0.1, 0.15) is 0 Å². The lowest BCUT2D eigenvalue weighted by molar-refractivity contribution is -0.141. The Labute approximate surface area is 130 Å². The van der Waals surface area contributed by atoms with Gasteiger partial charge in [-0.2, -0.15) is 0 Å². The van der Waals surface area contributed by atoms with E-state index >= 15 is 0 Å². The van der Waals surface area contributed by atoms with Crippen molar-refractivity contribution in [2.45, 2.75) is 103 Å². The molecule has 0 spiro atoms. The standard InChI is InChI=1S/C18H33NO2/c1-3-5-7-9-11-13-16(12-10-8-6-4-2)19-17(20)14-15-18(19)21/h16H,3-15H2,1-2H3. The highest BCUT2D eigenvalue weighted by atomic mass is 16.2. The molecule has 122 valence electrons. The first kappa shape index (κ1) is 18.2. The van der Waals surface area contributed by atoms with E-state index in [1.165, 1.54) is 44.9 Å². The number of unbranched alkanes of at least 4 members (excludes halogenated alkanes) is 7. The molecular weight excluding hydrogens is 262 g/mol. The lowest BCUT2D eigenvalue weighted by Crippen LogP contribution is -2.39. The smallest absolute Gasteiger partial charge is 0.229 e. The van der Waals surface area contributed by atoms with Crippen LogP contribution in [0.15, 0.2) is 0 Å². The largest absolute Gasteiger partial charge is 0.280 e. The van der Waals surface area contributed by atoms with E-state index in [-0.39, 0.29) is 17.9 Å². The van der Waals surface area contributed by atoms with Crippen molar-refractivity contribution < 1.29 is 9.59 Å². The summed E-state index contributed by atoms with van der Waals surface area (Å²) < 4.78 is 0. The van der Waals surface area contributed by atoms with Crippen molar-refractivity contribution >= 4 is 11.8 Å². The van der Waals surface area contributed by atoms with E-state index in [4.69, 9.17) is 0 Å². The van der Waals surface area contributed by atoms with Gasteiger partial charge in [0, 0.05) is 18.9 Å². The van der Waals surface area contributed by atoms with Gasteiger partial charge in [0.05, 0.1) is 0 Å². The summed E-state index contributed by atoms with van der Waals surface area (Å²) in [6, 6.07) is 0.172. The second-order valence-electron chi connectivity index (χ2n) is 6.36. The van der Waals surface area contributed by atoms with Crippen LogP contribution in [-0.4, -0.2) is 22.8 Å². The lowest BCUT2D eigenvalue weighted by Gasteiger charge is -2.26. The molecular formula is C18H33NO2. The molecule has 1 aliphatic heterocycles. The second-order valence-corrected chi connectivity index (χ2v) is 6.36. The number of hydrogen-bond acceptors (Lipinski definition) is 2. The van der Waals surface area contributed by atoms with Crippen molar-refractivity contribution in [2.24, 2.45) is 0 Å². The maximum Gasteiger partial charge on any atom is 0.229 e. The molecule has 0 aromatic rings. The monoisotopic (exact) mass is 295 g/mol. The van der Waals surface area contributed by atoms with Crippen molar-refractivity contribution in [2.75, 3.05) is 0 Å². The Bertz CT molecular complexity index is 298. The third-order valence-electron chi connectivity index (χ3n) is 4.49. The predicted molar refractivity (Wildman–Crippen MR) is 87.0 cm³/mol. The zero-order valence-electron chi connectivity index (χ0n) is 14.0. The van der Waals surface area contributed by atoms with Crippen LogP contribution < -0.4 is 0 Å². The molecule has 0 aromatic carbocycles. The van der Waals surface area contributed by atoms with Crippen molar-refractivity contribution in [1.29, 1.82) is 0 Å². The van der Waals surface area contributed by atoms with Gasteiger partial charge in [-0.3, -0.25) is 14.5 Å². The number of carbonyl (C=O) groups is 2. The molecule has 0 aliphatic carbocycles. The molecule has 1 saturated heterocycles. The molecule has 1 rings (SSSR count).